The van der Waals surface area contributed by atoms with Gasteiger partial charge in [-0.2, -0.15) is 0 Å². The Kier molecular flexibility index (Phi) is 2.32. The van der Waals surface area contributed by atoms with E-state index in [1.54, 1.807) is 11.9 Å². The Balaban J connectivity index is 2.72. The van der Waals surface area contributed by atoms with Gasteiger partial charge in [0.15, 0.2) is 0 Å². The Labute approximate surface area is 69.6 Å². The molecule has 0 radical (unpaired) electrons. The number of carboxylic acids is 2. The molecule has 2 unspecified atom stereocenters. The van der Waals surface area contributed by atoms with Gasteiger partial charge in [0.1, 0.15) is 0 Å². The van der Waals surface area contributed by atoms with E-state index in [-0.39, 0.29) is 0 Å². The highest BCUT2D eigenvalue weighted by molar-refractivity contribution is 5.81. The summed E-state index contributed by atoms with van der Waals surface area (Å²) in [6.07, 6.45) is 0. The van der Waals surface area contributed by atoms with Gasteiger partial charge in [0.25, 0.3) is 0 Å². The van der Waals surface area contributed by atoms with Crippen LogP contribution in [-0.2, 0) is 9.59 Å². The van der Waals surface area contributed by atoms with E-state index in [4.69, 9.17) is 10.2 Å². The van der Waals surface area contributed by atoms with Crippen LogP contribution in [0, 0.1) is 11.8 Å². The average molecular weight is 173 g/mol. The van der Waals surface area contributed by atoms with Crippen molar-refractivity contribution < 1.29 is 19.8 Å². The van der Waals surface area contributed by atoms with Gasteiger partial charge in [-0.25, -0.2) is 0 Å². The molecule has 2 N–H and O–H groups in total. The third kappa shape index (κ3) is 1.55. The number of nitrogens with zero attached hydrogens (tertiary/aromatic N) is 1. The molecular formula is C7H11NO4. The molecule has 0 aromatic carbocycles. The number of aliphatic carboxylic acids is 2. The maximum Gasteiger partial charge on any atom is 0.308 e. The van der Waals surface area contributed by atoms with E-state index in [0.29, 0.717) is 13.1 Å². The van der Waals surface area contributed by atoms with Crippen molar-refractivity contribution in [2.24, 2.45) is 11.8 Å². The molecule has 0 aromatic rings. The van der Waals surface area contributed by atoms with Crippen molar-refractivity contribution in [2.75, 3.05) is 20.1 Å². The highest BCUT2D eigenvalue weighted by Crippen LogP contribution is 2.22. The Bertz CT molecular complexity index is 193. The highest BCUT2D eigenvalue weighted by Gasteiger charge is 2.40. The van der Waals surface area contributed by atoms with Crippen LogP contribution < -0.4 is 0 Å². The van der Waals surface area contributed by atoms with Crippen molar-refractivity contribution in [3.05, 3.63) is 0 Å². The van der Waals surface area contributed by atoms with Gasteiger partial charge in [-0.1, -0.05) is 0 Å². The molecular weight excluding hydrogens is 162 g/mol. The normalized spacial score (nSPS) is 30.4. The van der Waals surface area contributed by atoms with Crippen LogP contribution in [-0.4, -0.2) is 47.2 Å². The van der Waals surface area contributed by atoms with Crippen molar-refractivity contribution in [3.8, 4) is 0 Å². The van der Waals surface area contributed by atoms with Crippen LogP contribution >= 0.6 is 0 Å². The molecule has 1 fully saturated rings. The number of hydrogen-bond donors (Lipinski definition) is 2. The number of likely N-dealkylation sites (tertiary alicyclic amines) is 1. The van der Waals surface area contributed by atoms with E-state index in [1.807, 2.05) is 0 Å². The average Bonchev–Trinajstić information content (AvgIpc) is 2.31. The number of hydrogen-bond acceptors (Lipinski definition) is 3. The third-order valence-electron chi connectivity index (χ3n) is 2.14. The number of carboxylic acid groups (broad SMARTS) is 2. The first-order valence-corrected chi connectivity index (χ1v) is 3.66. The summed E-state index contributed by atoms with van der Waals surface area (Å²) < 4.78 is 0. The van der Waals surface area contributed by atoms with Crippen molar-refractivity contribution in [1.29, 1.82) is 0 Å². The van der Waals surface area contributed by atoms with E-state index in [1.165, 1.54) is 0 Å². The SMILES string of the molecule is CN1CC(C(=O)O)C(C(=O)O)C1. The summed E-state index contributed by atoms with van der Waals surface area (Å²) >= 11 is 0. The zero-order valence-electron chi connectivity index (χ0n) is 6.73. The quantitative estimate of drug-likeness (QED) is 0.579. The summed E-state index contributed by atoms with van der Waals surface area (Å²) in [6.45, 7) is 0.651. The summed E-state index contributed by atoms with van der Waals surface area (Å²) in [6, 6.07) is 0. The molecule has 0 aromatic heterocycles. The van der Waals surface area contributed by atoms with Gasteiger partial charge in [0.05, 0.1) is 11.8 Å². The number of rotatable bonds is 2. The standard InChI is InChI=1S/C7H11NO4/c1-8-2-4(6(9)10)5(3-8)7(11)12/h4-5H,2-3H2,1H3,(H,9,10)(H,11,12). The fourth-order valence-electron chi connectivity index (χ4n) is 1.50. The molecule has 2 atom stereocenters. The highest BCUT2D eigenvalue weighted by atomic mass is 16.4. The lowest BCUT2D eigenvalue weighted by molar-refractivity contribution is -0.151. The largest absolute Gasteiger partial charge is 0.481 e. The molecule has 0 saturated carbocycles. The van der Waals surface area contributed by atoms with Crippen molar-refractivity contribution in [3.63, 3.8) is 0 Å². The van der Waals surface area contributed by atoms with Crippen molar-refractivity contribution >= 4 is 11.9 Å². The van der Waals surface area contributed by atoms with Gasteiger partial charge in [-0.05, 0) is 7.05 Å². The van der Waals surface area contributed by atoms with E-state index in [0.717, 1.165) is 0 Å². The van der Waals surface area contributed by atoms with Gasteiger partial charge in [0, 0.05) is 13.1 Å². The first kappa shape index (κ1) is 8.99. The minimum absolute atomic E-state index is 0.326. The predicted octanol–water partition coefficient (Wildman–Crippen LogP) is -0.667. The molecule has 12 heavy (non-hydrogen) atoms. The molecule has 5 nitrogen and oxygen atoms in total. The van der Waals surface area contributed by atoms with E-state index < -0.39 is 23.8 Å². The summed E-state index contributed by atoms with van der Waals surface area (Å²) in [5.74, 6) is -3.56. The minimum atomic E-state index is -1.02. The second-order valence-electron chi connectivity index (χ2n) is 3.11. The fourth-order valence-corrected chi connectivity index (χ4v) is 1.50. The van der Waals surface area contributed by atoms with E-state index >= 15 is 0 Å². The lowest BCUT2D eigenvalue weighted by Crippen LogP contribution is -2.28. The Morgan fingerprint density at radius 2 is 1.50 bits per heavy atom. The zero-order chi connectivity index (χ0) is 9.30. The summed E-state index contributed by atoms with van der Waals surface area (Å²) in [5.41, 5.74) is 0. The predicted molar refractivity (Wildman–Crippen MR) is 39.7 cm³/mol. The lowest BCUT2D eigenvalue weighted by atomic mass is 9.97. The van der Waals surface area contributed by atoms with Crippen LogP contribution in [0.15, 0.2) is 0 Å². The van der Waals surface area contributed by atoms with Gasteiger partial charge in [-0.15, -0.1) is 0 Å². The molecule has 0 aliphatic carbocycles. The molecule has 1 aliphatic rings. The monoisotopic (exact) mass is 173 g/mol. The fraction of sp³-hybridized carbons (Fsp3) is 0.714. The molecule has 0 amide bonds. The Hall–Kier alpha value is -1.10. The molecule has 1 aliphatic heterocycles. The van der Waals surface area contributed by atoms with Gasteiger partial charge < -0.3 is 15.1 Å². The van der Waals surface area contributed by atoms with Crippen LogP contribution in [0.3, 0.4) is 0 Å². The topological polar surface area (TPSA) is 77.8 Å². The summed E-state index contributed by atoms with van der Waals surface area (Å²) in [4.78, 5) is 22.9. The molecule has 0 bridgehead atoms. The third-order valence-corrected chi connectivity index (χ3v) is 2.14. The van der Waals surface area contributed by atoms with Crippen LogP contribution in [0.25, 0.3) is 0 Å². The van der Waals surface area contributed by atoms with Crippen LogP contribution in [0.1, 0.15) is 0 Å². The van der Waals surface area contributed by atoms with Gasteiger partial charge in [0.2, 0.25) is 0 Å². The van der Waals surface area contributed by atoms with Crippen molar-refractivity contribution in [2.45, 2.75) is 0 Å². The van der Waals surface area contributed by atoms with Crippen molar-refractivity contribution in [1.82, 2.24) is 4.90 Å². The molecule has 1 heterocycles. The maximum atomic E-state index is 10.6. The Morgan fingerprint density at radius 1 is 1.17 bits per heavy atom. The van der Waals surface area contributed by atoms with E-state index in [9.17, 15) is 9.59 Å². The summed E-state index contributed by atoms with van der Waals surface area (Å²) in [5, 5.41) is 17.3. The molecule has 1 rings (SSSR count). The maximum absolute atomic E-state index is 10.6. The summed E-state index contributed by atoms with van der Waals surface area (Å²) in [7, 11) is 1.72. The smallest absolute Gasteiger partial charge is 0.308 e. The molecule has 68 valence electrons. The zero-order valence-corrected chi connectivity index (χ0v) is 6.73. The first-order valence-electron chi connectivity index (χ1n) is 3.66. The number of carbonyl (C=O) groups is 2. The van der Waals surface area contributed by atoms with Crippen LogP contribution in [0.5, 0.6) is 0 Å². The van der Waals surface area contributed by atoms with E-state index in [2.05, 4.69) is 0 Å². The molecule has 5 heteroatoms. The van der Waals surface area contributed by atoms with Gasteiger partial charge in [-0.3, -0.25) is 9.59 Å². The lowest BCUT2D eigenvalue weighted by Gasteiger charge is -2.07. The van der Waals surface area contributed by atoms with Gasteiger partial charge >= 0.3 is 11.9 Å². The van der Waals surface area contributed by atoms with Crippen LogP contribution in [0.2, 0.25) is 0 Å². The first-order chi connectivity index (χ1) is 5.52. The second-order valence-corrected chi connectivity index (χ2v) is 3.11. The second kappa shape index (κ2) is 3.10. The molecule has 0 spiro atoms. The Morgan fingerprint density at radius 3 is 1.75 bits per heavy atom. The minimum Gasteiger partial charge on any atom is -0.481 e. The van der Waals surface area contributed by atoms with Crippen LogP contribution in [0.4, 0.5) is 0 Å². The molecule has 1 saturated heterocycles.